The highest BCUT2D eigenvalue weighted by atomic mass is 35.5. The van der Waals surface area contributed by atoms with E-state index in [4.69, 9.17) is 21.1 Å². The first-order chi connectivity index (χ1) is 14.5. The van der Waals surface area contributed by atoms with Crippen molar-refractivity contribution in [2.24, 2.45) is 0 Å². The summed E-state index contributed by atoms with van der Waals surface area (Å²) in [4.78, 5) is 12.5. The summed E-state index contributed by atoms with van der Waals surface area (Å²) in [5, 5.41) is 11.8. The fourth-order valence-corrected chi connectivity index (χ4v) is 4.59. The van der Waals surface area contributed by atoms with Gasteiger partial charge in [0.1, 0.15) is 11.9 Å². The highest BCUT2D eigenvalue weighted by Gasteiger charge is 2.35. The van der Waals surface area contributed by atoms with Crippen LogP contribution in [0.15, 0.2) is 30.3 Å². The van der Waals surface area contributed by atoms with Crippen LogP contribution in [0.4, 0.5) is 0 Å². The zero-order chi connectivity index (χ0) is 22.7. The number of nitrogens with zero attached hydrogens (tertiary/aromatic N) is 1. The third-order valence-corrected chi connectivity index (χ3v) is 5.90. The molecule has 31 heavy (non-hydrogen) atoms. The Balaban J connectivity index is 2.13. The Morgan fingerprint density at radius 2 is 1.90 bits per heavy atom. The second-order valence-corrected chi connectivity index (χ2v) is 9.72. The monoisotopic (exact) mass is 441 g/mol. The maximum atomic E-state index is 12.5. The number of hydrogen-bond donors (Lipinski definition) is 1. The predicted octanol–water partition coefficient (Wildman–Crippen LogP) is 6.30. The summed E-state index contributed by atoms with van der Waals surface area (Å²) in [6.07, 6.45) is -1.16. The van der Waals surface area contributed by atoms with E-state index in [1.807, 2.05) is 58.9 Å². The summed E-state index contributed by atoms with van der Waals surface area (Å²) in [6, 6.07) is 9.62. The topological polar surface area (TPSA) is 60.7 Å². The van der Waals surface area contributed by atoms with Crippen molar-refractivity contribution < 1.29 is 19.4 Å². The fourth-order valence-electron chi connectivity index (χ4n) is 4.46. The second-order valence-electron chi connectivity index (χ2n) is 9.29. The van der Waals surface area contributed by atoms with Gasteiger partial charge in [0.25, 0.3) is 0 Å². The minimum Gasteiger partial charge on any atom is -0.486 e. The van der Waals surface area contributed by atoms with Crippen LogP contribution in [0.5, 0.6) is 5.75 Å². The van der Waals surface area contributed by atoms with Crippen LogP contribution in [0.2, 0.25) is 5.02 Å². The lowest BCUT2D eigenvalue weighted by atomic mass is 9.88. The van der Waals surface area contributed by atoms with Crippen LogP contribution >= 0.6 is 11.6 Å². The largest absolute Gasteiger partial charge is 0.486 e. The van der Waals surface area contributed by atoms with Crippen LogP contribution in [-0.4, -0.2) is 27.3 Å². The lowest BCUT2D eigenvalue weighted by Crippen LogP contribution is -2.29. The van der Waals surface area contributed by atoms with Crippen molar-refractivity contribution in [3.05, 3.63) is 52.2 Å². The third kappa shape index (κ3) is 3.81. The van der Waals surface area contributed by atoms with E-state index in [2.05, 4.69) is 17.6 Å². The minimum absolute atomic E-state index is 0.0125. The number of rotatable bonds is 4. The molecule has 2 heterocycles. The van der Waals surface area contributed by atoms with Gasteiger partial charge >= 0.3 is 5.97 Å². The molecule has 0 saturated carbocycles. The predicted molar refractivity (Wildman–Crippen MR) is 123 cm³/mol. The molecule has 0 aliphatic carbocycles. The number of aliphatic carboxylic acids is 1. The molecule has 1 aliphatic heterocycles. The van der Waals surface area contributed by atoms with Gasteiger partial charge in [-0.05, 0) is 70.9 Å². The molecule has 3 aromatic rings. The Bertz CT molecular complexity index is 1170. The maximum Gasteiger partial charge on any atom is 0.337 e. The molecule has 164 valence electrons. The van der Waals surface area contributed by atoms with Gasteiger partial charge in [-0.25, -0.2) is 4.79 Å². The number of aromatic nitrogens is 1. The summed E-state index contributed by atoms with van der Waals surface area (Å²) in [6.45, 7) is 12.4. The number of hydrogen-bond acceptors (Lipinski definition) is 3. The van der Waals surface area contributed by atoms with Crippen molar-refractivity contribution in [3.8, 4) is 16.9 Å². The van der Waals surface area contributed by atoms with Gasteiger partial charge in [-0.2, -0.15) is 0 Å². The number of aryl methyl sites for hydroxylation is 1. The standard InChI is InChI=1S/C25H28ClNO4/c1-13-11-18-20(16-7-9-17(26)10-8-16)19(23(24(28)29)31-25(4,5)6)15(3)22-21(18)27(13)12-14(2)30-22/h7-11,14,23H,12H2,1-6H3,(H,28,29)/t14?,23-/m0/s1. The number of halogens is 1. The van der Waals surface area contributed by atoms with Crippen molar-refractivity contribution in [3.63, 3.8) is 0 Å². The van der Waals surface area contributed by atoms with E-state index in [0.717, 1.165) is 45.6 Å². The summed E-state index contributed by atoms with van der Waals surface area (Å²) >= 11 is 6.15. The van der Waals surface area contributed by atoms with Crippen LogP contribution < -0.4 is 4.74 Å². The Morgan fingerprint density at radius 3 is 2.48 bits per heavy atom. The number of carboxylic acid groups (broad SMARTS) is 1. The first-order valence-electron chi connectivity index (χ1n) is 10.5. The molecule has 0 bridgehead atoms. The van der Waals surface area contributed by atoms with Crippen LogP contribution in [0.3, 0.4) is 0 Å². The second kappa shape index (κ2) is 7.57. The SMILES string of the molecule is Cc1c([C@H](OC(C)(C)C)C(=O)O)c(-c2ccc(Cl)cc2)c2cc(C)n3c2c1OC(C)C3. The third-order valence-electron chi connectivity index (χ3n) is 5.65. The molecular weight excluding hydrogens is 414 g/mol. The van der Waals surface area contributed by atoms with E-state index in [-0.39, 0.29) is 6.10 Å². The number of ether oxygens (including phenoxy) is 2. The summed E-state index contributed by atoms with van der Waals surface area (Å²) in [7, 11) is 0. The molecule has 4 rings (SSSR count). The molecule has 0 radical (unpaired) electrons. The van der Waals surface area contributed by atoms with E-state index < -0.39 is 17.7 Å². The van der Waals surface area contributed by atoms with Gasteiger partial charge in [-0.1, -0.05) is 23.7 Å². The average Bonchev–Trinajstić information content (AvgIpc) is 2.99. The van der Waals surface area contributed by atoms with Crippen molar-refractivity contribution >= 4 is 28.5 Å². The molecule has 0 saturated heterocycles. The molecule has 1 aliphatic rings. The molecule has 6 heteroatoms. The highest BCUT2D eigenvalue weighted by Crippen LogP contribution is 2.48. The molecule has 2 aromatic carbocycles. The zero-order valence-corrected chi connectivity index (χ0v) is 19.5. The van der Waals surface area contributed by atoms with Crippen LogP contribution in [0.1, 0.15) is 50.6 Å². The molecule has 1 unspecified atom stereocenters. The Hall–Kier alpha value is -2.50. The number of carboxylic acids is 1. The van der Waals surface area contributed by atoms with Gasteiger partial charge in [-0.15, -0.1) is 0 Å². The van der Waals surface area contributed by atoms with Gasteiger partial charge in [0, 0.05) is 27.2 Å². The van der Waals surface area contributed by atoms with Crippen molar-refractivity contribution in [2.45, 2.75) is 65.9 Å². The van der Waals surface area contributed by atoms with E-state index in [1.54, 1.807) is 0 Å². The van der Waals surface area contributed by atoms with Gasteiger partial charge in [-0.3, -0.25) is 0 Å². The van der Waals surface area contributed by atoms with Crippen molar-refractivity contribution in [1.29, 1.82) is 0 Å². The van der Waals surface area contributed by atoms with E-state index in [0.29, 0.717) is 10.6 Å². The Morgan fingerprint density at radius 1 is 1.26 bits per heavy atom. The van der Waals surface area contributed by atoms with Crippen LogP contribution in [-0.2, 0) is 16.1 Å². The molecule has 0 spiro atoms. The summed E-state index contributed by atoms with van der Waals surface area (Å²) < 4.78 is 14.6. The van der Waals surface area contributed by atoms with E-state index in [9.17, 15) is 9.90 Å². The quantitative estimate of drug-likeness (QED) is 0.516. The Labute approximate surface area is 187 Å². The lowest BCUT2D eigenvalue weighted by molar-refractivity contribution is -0.160. The zero-order valence-electron chi connectivity index (χ0n) is 18.7. The number of carbonyl (C=O) groups is 1. The maximum absolute atomic E-state index is 12.5. The molecule has 5 nitrogen and oxygen atoms in total. The smallest absolute Gasteiger partial charge is 0.337 e. The van der Waals surface area contributed by atoms with Crippen LogP contribution in [0.25, 0.3) is 22.0 Å². The highest BCUT2D eigenvalue weighted by molar-refractivity contribution is 6.30. The van der Waals surface area contributed by atoms with Gasteiger partial charge in [0.2, 0.25) is 0 Å². The first kappa shape index (κ1) is 21.7. The number of benzene rings is 2. The van der Waals surface area contributed by atoms with E-state index >= 15 is 0 Å². The Kier molecular flexibility index (Phi) is 5.31. The molecule has 0 fully saturated rings. The van der Waals surface area contributed by atoms with Gasteiger partial charge in [0.15, 0.2) is 6.10 Å². The molecule has 2 atom stereocenters. The van der Waals surface area contributed by atoms with Gasteiger partial charge < -0.3 is 19.1 Å². The average molecular weight is 442 g/mol. The summed E-state index contributed by atoms with van der Waals surface area (Å²) in [5.74, 6) is -0.293. The lowest BCUT2D eigenvalue weighted by Gasteiger charge is -2.31. The van der Waals surface area contributed by atoms with Crippen molar-refractivity contribution in [1.82, 2.24) is 4.57 Å². The summed E-state index contributed by atoms with van der Waals surface area (Å²) in [5.41, 5.74) is 4.63. The molecular formula is C25H28ClNO4. The fraction of sp³-hybridized carbons (Fsp3) is 0.400. The van der Waals surface area contributed by atoms with Gasteiger partial charge in [0.05, 0.1) is 17.7 Å². The molecule has 1 N–H and O–H groups in total. The van der Waals surface area contributed by atoms with Crippen molar-refractivity contribution in [2.75, 3.05) is 0 Å². The molecule has 1 aromatic heterocycles. The van der Waals surface area contributed by atoms with E-state index in [1.165, 1.54) is 0 Å². The minimum atomic E-state index is -1.14. The normalized spacial score (nSPS) is 16.9. The first-order valence-corrected chi connectivity index (χ1v) is 10.8. The van der Waals surface area contributed by atoms with Crippen LogP contribution in [0, 0.1) is 13.8 Å². The molecule has 0 amide bonds.